The van der Waals surface area contributed by atoms with Gasteiger partial charge in [0.15, 0.2) is 11.6 Å². The molecule has 2 aliphatic rings. The van der Waals surface area contributed by atoms with E-state index < -0.39 is 32.9 Å². The van der Waals surface area contributed by atoms with Crippen LogP contribution in [0.3, 0.4) is 0 Å². The molecule has 0 aliphatic carbocycles. The van der Waals surface area contributed by atoms with Crippen LogP contribution in [-0.4, -0.2) is 53.2 Å². The number of allylic oxidation sites excluding steroid dienone is 4. The Hall–Kier alpha value is -1.39. The van der Waals surface area contributed by atoms with Gasteiger partial charge in [-0.1, -0.05) is 26.7 Å². The van der Waals surface area contributed by atoms with Crippen LogP contribution in [0.25, 0.3) is 0 Å². The largest absolute Gasteiger partial charge is 0.799 e. The Morgan fingerprint density at radius 1 is 0.789 bits per heavy atom. The fourth-order valence-corrected chi connectivity index (χ4v) is 7.67. The van der Waals surface area contributed by atoms with Crippen molar-refractivity contribution in [2.24, 2.45) is 10.8 Å². The Balaban J connectivity index is 1.91. The standard InChI is InChI=1S/C29H44O7S2/c1-28(2,20-30)14-7-5-10-23-16-21(31)18-25(37(23)35)12-9-13-26-19-22(32)17-24(38(26)36)11-6-8-15-29(3,4)27(33)34/h16,19,30H,5-15,17-18,20H2,1-4H3,(H-2,33,34,35,36)/q-2. The molecular weight excluding hydrogens is 524 g/mol. The van der Waals surface area contributed by atoms with Crippen molar-refractivity contribution in [3.05, 3.63) is 22.0 Å². The van der Waals surface area contributed by atoms with Crippen molar-refractivity contribution in [3.63, 3.8) is 0 Å². The molecule has 0 spiro atoms. The molecule has 2 N–H and O–H groups in total. The SMILES string of the molecule is CC(C)(CO)CCCCC1=CC(=O)CC(CCCC2=CC(=O)CC(CCCCC(C)(C)C(=O)O)=S2[O-])=S1[O-]. The highest BCUT2D eigenvalue weighted by atomic mass is 32.2. The molecule has 7 nitrogen and oxygen atoms in total. The summed E-state index contributed by atoms with van der Waals surface area (Å²) < 4.78 is 26.1. The van der Waals surface area contributed by atoms with Crippen molar-refractivity contribution in [3.8, 4) is 0 Å². The summed E-state index contributed by atoms with van der Waals surface area (Å²) in [6, 6.07) is 0. The molecule has 0 saturated carbocycles. The van der Waals surface area contributed by atoms with E-state index in [-0.39, 0.29) is 36.4 Å². The summed E-state index contributed by atoms with van der Waals surface area (Å²) in [4.78, 5) is 38.5. The molecule has 2 heterocycles. The van der Waals surface area contributed by atoms with Gasteiger partial charge in [-0.25, -0.2) is 21.5 Å². The summed E-state index contributed by atoms with van der Waals surface area (Å²) in [6.07, 6.45) is 10.4. The molecule has 216 valence electrons. The van der Waals surface area contributed by atoms with E-state index in [1.165, 1.54) is 12.2 Å². The van der Waals surface area contributed by atoms with Crippen molar-refractivity contribution in [1.29, 1.82) is 0 Å². The normalized spacial score (nSPS) is 21.0. The third-order valence-corrected chi connectivity index (χ3v) is 10.6. The highest BCUT2D eigenvalue weighted by Crippen LogP contribution is 2.37. The summed E-state index contributed by atoms with van der Waals surface area (Å²) in [6.45, 7) is 7.51. The molecule has 2 aliphatic heterocycles. The fourth-order valence-electron chi connectivity index (χ4n) is 4.59. The predicted octanol–water partition coefficient (Wildman–Crippen LogP) is 6.26. The number of carboxylic acid groups (broad SMARTS) is 1. The zero-order valence-corrected chi connectivity index (χ0v) is 24.9. The highest BCUT2D eigenvalue weighted by molar-refractivity contribution is 8.14. The molecule has 0 bridgehead atoms. The monoisotopic (exact) mass is 568 g/mol. The lowest BCUT2D eigenvalue weighted by Crippen LogP contribution is -2.23. The Labute approximate surface area is 232 Å². The van der Waals surface area contributed by atoms with Crippen molar-refractivity contribution in [2.45, 2.75) is 111 Å². The summed E-state index contributed by atoms with van der Waals surface area (Å²) in [5.74, 6) is -0.947. The van der Waals surface area contributed by atoms with E-state index in [1.807, 2.05) is 13.8 Å². The Morgan fingerprint density at radius 2 is 1.24 bits per heavy atom. The van der Waals surface area contributed by atoms with E-state index in [0.29, 0.717) is 70.9 Å². The number of aliphatic carboxylic acids is 1. The van der Waals surface area contributed by atoms with Crippen molar-refractivity contribution >= 4 is 48.8 Å². The smallest absolute Gasteiger partial charge is 0.309 e. The van der Waals surface area contributed by atoms with E-state index in [9.17, 15) is 33.7 Å². The Morgan fingerprint density at radius 3 is 1.74 bits per heavy atom. The molecule has 0 aromatic rings. The minimum absolute atomic E-state index is 0.0392. The molecule has 0 aromatic heterocycles. The zero-order valence-electron chi connectivity index (χ0n) is 23.3. The van der Waals surface area contributed by atoms with Gasteiger partial charge in [-0.3, -0.25) is 14.4 Å². The van der Waals surface area contributed by atoms with Crippen LogP contribution in [0.1, 0.15) is 111 Å². The van der Waals surface area contributed by atoms with Crippen LogP contribution in [0.2, 0.25) is 0 Å². The van der Waals surface area contributed by atoms with Crippen LogP contribution in [0.5, 0.6) is 0 Å². The number of aliphatic hydroxyl groups is 1. The summed E-state index contributed by atoms with van der Waals surface area (Å²) >= 11 is 0. The third-order valence-electron chi connectivity index (χ3n) is 7.31. The maximum absolute atomic E-state index is 13.1. The van der Waals surface area contributed by atoms with Crippen LogP contribution in [0.4, 0.5) is 0 Å². The number of unbranched alkanes of at least 4 members (excludes halogenated alkanes) is 2. The second-order valence-electron chi connectivity index (χ2n) is 11.9. The minimum atomic E-state index is -1.35. The first-order chi connectivity index (χ1) is 17.8. The van der Waals surface area contributed by atoms with Crippen LogP contribution in [0.15, 0.2) is 22.0 Å². The molecule has 2 atom stereocenters. The quantitative estimate of drug-likeness (QED) is 0.165. The average Bonchev–Trinajstić information content (AvgIpc) is 2.84. The average molecular weight is 569 g/mol. The van der Waals surface area contributed by atoms with E-state index in [1.54, 1.807) is 13.8 Å². The van der Waals surface area contributed by atoms with Crippen LogP contribution >= 0.6 is 21.5 Å². The lowest BCUT2D eigenvalue weighted by atomic mass is 9.87. The summed E-state index contributed by atoms with van der Waals surface area (Å²) in [7, 11) is -2.66. The van der Waals surface area contributed by atoms with Gasteiger partial charge in [0.2, 0.25) is 0 Å². The topological polar surface area (TPSA) is 138 Å². The van der Waals surface area contributed by atoms with Gasteiger partial charge in [0.05, 0.1) is 5.41 Å². The summed E-state index contributed by atoms with van der Waals surface area (Å²) in [5.41, 5.74) is -0.946. The van der Waals surface area contributed by atoms with E-state index in [0.717, 1.165) is 19.3 Å². The molecule has 0 radical (unpaired) electrons. The molecule has 0 saturated heterocycles. The van der Waals surface area contributed by atoms with Gasteiger partial charge in [0.1, 0.15) is 0 Å². The number of carbonyl (C=O) groups is 3. The van der Waals surface area contributed by atoms with Crippen LogP contribution in [-0.2, 0) is 14.4 Å². The molecule has 0 aromatic carbocycles. The number of ketones is 2. The first kappa shape index (κ1) is 32.8. The Bertz CT molecular complexity index is 1030. The molecule has 2 rings (SSSR count). The summed E-state index contributed by atoms with van der Waals surface area (Å²) in [5, 5.41) is 18.6. The van der Waals surface area contributed by atoms with Gasteiger partial charge < -0.3 is 19.3 Å². The number of carboxylic acids is 1. The van der Waals surface area contributed by atoms with Gasteiger partial charge in [-0.05, 0) is 109 Å². The van der Waals surface area contributed by atoms with Gasteiger partial charge in [0, 0.05) is 19.4 Å². The van der Waals surface area contributed by atoms with Gasteiger partial charge in [-0.15, -0.1) is 0 Å². The van der Waals surface area contributed by atoms with E-state index in [2.05, 4.69) is 0 Å². The van der Waals surface area contributed by atoms with Gasteiger partial charge in [0.25, 0.3) is 0 Å². The maximum atomic E-state index is 13.1. The minimum Gasteiger partial charge on any atom is -0.799 e. The molecule has 38 heavy (non-hydrogen) atoms. The van der Waals surface area contributed by atoms with Gasteiger partial charge >= 0.3 is 5.97 Å². The third kappa shape index (κ3) is 10.3. The lowest BCUT2D eigenvalue weighted by molar-refractivity contribution is -0.147. The van der Waals surface area contributed by atoms with E-state index >= 15 is 0 Å². The number of rotatable bonds is 16. The van der Waals surface area contributed by atoms with Crippen molar-refractivity contribution in [2.75, 3.05) is 6.61 Å². The predicted molar refractivity (Wildman–Crippen MR) is 155 cm³/mol. The molecular formula is C29H44O7S2-2. The lowest BCUT2D eigenvalue weighted by Gasteiger charge is -2.30. The first-order valence-corrected chi connectivity index (χ1v) is 15.9. The Kier molecular flexibility index (Phi) is 12.8. The van der Waals surface area contributed by atoms with Crippen LogP contribution in [0, 0.1) is 10.8 Å². The molecule has 9 heteroatoms. The first-order valence-electron chi connectivity index (χ1n) is 13.6. The second kappa shape index (κ2) is 14.8. The highest BCUT2D eigenvalue weighted by Gasteiger charge is 2.26. The zero-order chi connectivity index (χ0) is 28.5. The second-order valence-corrected chi connectivity index (χ2v) is 15.2. The van der Waals surface area contributed by atoms with Crippen molar-refractivity contribution < 1.29 is 33.7 Å². The molecule has 0 amide bonds. The number of aliphatic hydroxyl groups excluding tert-OH is 1. The van der Waals surface area contributed by atoms with Crippen LogP contribution < -0.4 is 0 Å². The van der Waals surface area contributed by atoms with E-state index in [4.69, 9.17) is 0 Å². The molecule has 0 fully saturated rings. The number of hydrogen-bond donors (Lipinski definition) is 2. The van der Waals surface area contributed by atoms with Crippen molar-refractivity contribution in [1.82, 2.24) is 0 Å². The fraction of sp³-hybridized carbons (Fsp3) is 0.690. The number of hydrogen-bond acceptors (Lipinski definition) is 6. The van der Waals surface area contributed by atoms with Gasteiger partial charge in [-0.2, -0.15) is 0 Å². The maximum Gasteiger partial charge on any atom is 0.309 e. The number of carbonyl (C=O) groups excluding carboxylic acids is 2. The molecule has 2 unspecified atom stereocenters.